The number of carbonyl (C=O) groups excluding carboxylic acids is 1. The standard InChI is InChI=1S/C19H23FN2O3S/c1-3-22(4-2)26(24,25)18-7-5-6-16(14-18)19(23)21-13-12-15-8-10-17(20)11-9-15/h5-11,14H,3-4,12-13H2,1-2H3,(H,21,23). The summed E-state index contributed by atoms with van der Waals surface area (Å²) in [5.41, 5.74) is 1.20. The molecule has 0 saturated carbocycles. The molecule has 2 aromatic rings. The molecular weight excluding hydrogens is 355 g/mol. The van der Waals surface area contributed by atoms with Crippen LogP contribution in [0.25, 0.3) is 0 Å². The number of carbonyl (C=O) groups is 1. The van der Waals surface area contributed by atoms with Crippen molar-refractivity contribution in [3.8, 4) is 0 Å². The smallest absolute Gasteiger partial charge is 0.251 e. The molecule has 2 rings (SSSR count). The minimum atomic E-state index is -3.61. The highest BCUT2D eigenvalue weighted by atomic mass is 32.2. The van der Waals surface area contributed by atoms with Gasteiger partial charge in [-0.3, -0.25) is 4.79 Å². The van der Waals surface area contributed by atoms with Gasteiger partial charge in [0.1, 0.15) is 5.82 Å². The highest BCUT2D eigenvalue weighted by Crippen LogP contribution is 2.17. The van der Waals surface area contributed by atoms with Gasteiger partial charge in [0.25, 0.3) is 5.91 Å². The molecule has 0 atom stereocenters. The average molecular weight is 378 g/mol. The molecule has 0 radical (unpaired) electrons. The number of sulfonamides is 1. The number of nitrogens with zero attached hydrogens (tertiary/aromatic N) is 1. The van der Waals surface area contributed by atoms with Gasteiger partial charge in [-0.2, -0.15) is 4.31 Å². The van der Waals surface area contributed by atoms with E-state index in [1.807, 2.05) is 0 Å². The Morgan fingerprint density at radius 2 is 1.73 bits per heavy atom. The molecule has 0 saturated heterocycles. The van der Waals surface area contributed by atoms with Crippen LogP contribution in [-0.4, -0.2) is 38.3 Å². The zero-order chi connectivity index (χ0) is 19.2. The Bertz CT molecular complexity index is 847. The first-order chi connectivity index (χ1) is 12.4. The molecule has 7 heteroatoms. The minimum Gasteiger partial charge on any atom is -0.352 e. The van der Waals surface area contributed by atoms with Crippen LogP contribution in [0.2, 0.25) is 0 Å². The van der Waals surface area contributed by atoms with Gasteiger partial charge in [0.15, 0.2) is 0 Å². The maximum atomic E-state index is 12.9. The number of nitrogens with one attached hydrogen (secondary N) is 1. The molecule has 0 aliphatic rings. The van der Waals surface area contributed by atoms with Crippen LogP contribution < -0.4 is 5.32 Å². The Hall–Kier alpha value is -2.25. The van der Waals surface area contributed by atoms with Crippen LogP contribution in [0.15, 0.2) is 53.4 Å². The van der Waals surface area contributed by atoms with Crippen LogP contribution >= 0.6 is 0 Å². The van der Waals surface area contributed by atoms with E-state index in [1.165, 1.54) is 28.6 Å². The average Bonchev–Trinajstić information content (AvgIpc) is 2.64. The van der Waals surface area contributed by atoms with Crippen LogP contribution in [0.3, 0.4) is 0 Å². The zero-order valence-electron chi connectivity index (χ0n) is 14.9. The molecular formula is C19H23FN2O3S. The Kier molecular flexibility index (Phi) is 6.88. The maximum Gasteiger partial charge on any atom is 0.251 e. The minimum absolute atomic E-state index is 0.104. The highest BCUT2D eigenvalue weighted by Gasteiger charge is 2.22. The van der Waals surface area contributed by atoms with Gasteiger partial charge in [-0.15, -0.1) is 0 Å². The van der Waals surface area contributed by atoms with E-state index in [1.54, 1.807) is 38.1 Å². The third-order valence-corrected chi connectivity index (χ3v) is 6.10. The number of halogens is 1. The Morgan fingerprint density at radius 3 is 2.35 bits per heavy atom. The molecule has 0 unspecified atom stereocenters. The number of hydrogen-bond donors (Lipinski definition) is 1. The summed E-state index contributed by atoms with van der Waals surface area (Å²) >= 11 is 0. The molecule has 2 aromatic carbocycles. The number of hydrogen-bond acceptors (Lipinski definition) is 3. The SMILES string of the molecule is CCN(CC)S(=O)(=O)c1cccc(C(=O)NCCc2ccc(F)cc2)c1. The van der Waals surface area contributed by atoms with Crippen LogP contribution in [0.5, 0.6) is 0 Å². The zero-order valence-corrected chi connectivity index (χ0v) is 15.7. The Labute approximate surface area is 153 Å². The molecule has 140 valence electrons. The lowest BCUT2D eigenvalue weighted by atomic mass is 10.1. The summed E-state index contributed by atoms with van der Waals surface area (Å²) in [6.07, 6.45) is 0.559. The fraction of sp³-hybridized carbons (Fsp3) is 0.316. The summed E-state index contributed by atoms with van der Waals surface area (Å²) < 4.78 is 39.3. The monoisotopic (exact) mass is 378 g/mol. The summed E-state index contributed by atoms with van der Waals surface area (Å²) in [6.45, 7) is 4.65. The van der Waals surface area contributed by atoms with Gasteiger partial charge in [-0.25, -0.2) is 12.8 Å². The number of rotatable bonds is 8. The predicted octanol–water partition coefficient (Wildman–Crippen LogP) is 2.83. The molecule has 0 bridgehead atoms. The molecule has 0 heterocycles. The lowest BCUT2D eigenvalue weighted by molar-refractivity contribution is 0.0954. The maximum absolute atomic E-state index is 12.9. The van der Waals surface area contributed by atoms with Gasteiger partial charge in [0.2, 0.25) is 10.0 Å². The summed E-state index contributed by atoms with van der Waals surface area (Å²) in [5, 5.41) is 2.76. The van der Waals surface area contributed by atoms with E-state index in [0.29, 0.717) is 26.1 Å². The van der Waals surface area contributed by atoms with Crippen LogP contribution in [0.4, 0.5) is 4.39 Å². The van der Waals surface area contributed by atoms with Crippen molar-refractivity contribution in [1.29, 1.82) is 0 Å². The molecule has 0 aromatic heterocycles. The summed E-state index contributed by atoms with van der Waals surface area (Å²) in [6, 6.07) is 12.1. The third kappa shape index (κ3) is 4.89. The van der Waals surface area contributed by atoms with Gasteiger partial charge in [-0.1, -0.05) is 32.0 Å². The lowest BCUT2D eigenvalue weighted by Gasteiger charge is -2.18. The molecule has 0 aliphatic carbocycles. The number of benzene rings is 2. The Morgan fingerprint density at radius 1 is 1.08 bits per heavy atom. The molecule has 0 spiro atoms. The number of amides is 1. The molecule has 5 nitrogen and oxygen atoms in total. The van der Waals surface area contributed by atoms with E-state index >= 15 is 0 Å². The van der Waals surface area contributed by atoms with E-state index in [-0.39, 0.29) is 22.2 Å². The van der Waals surface area contributed by atoms with E-state index in [0.717, 1.165) is 5.56 Å². The fourth-order valence-corrected chi connectivity index (χ4v) is 4.09. The quantitative estimate of drug-likeness (QED) is 0.768. The van der Waals surface area contributed by atoms with Crippen molar-refractivity contribution >= 4 is 15.9 Å². The second-order valence-corrected chi connectivity index (χ2v) is 7.69. The van der Waals surface area contributed by atoms with E-state index in [9.17, 15) is 17.6 Å². The van der Waals surface area contributed by atoms with Crippen molar-refractivity contribution in [2.45, 2.75) is 25.2 Å². The van der Waals surface area contributed by atoms with Crippen LogP contribution in [-0.2, 0) is 16.4 Å². The van der Waals surface area contributed by atoms with E-state index in [4.69, 9.17) is 0 Å². The molecule has 1 N–H and O–H groups in total. The van der Waals surface area contributed by atoms with Crippen LogP contribution in [0.1, 0.15) is 29.8 Å². The van der Waals surface area contributed by atoms with Gasteiger partial charge in [0.05, 0.1) is 4.90 Å². The van der Waals surface area contributed by atoms with Crippen molar-refractivity contribution in [2.75, 3.05) is 19.6 Å². The first-order valence-electron chi connectivity index (χ1n) is 8.51. The largest absolute Gasteiger partial charge is 0.352 e. The normalized spacial score (nSPS) is 11.5. The second kappa shape index (κ2) is 8.91. The van der Waals surface area contributed by atoms with Crippen molar-refractivity contribution in [1.82, 2.24) is 9.62 Å². The lowest BCUT2D eigenvalue weighted by Crippen LogP contribution is -2.31. The Balaban J connectivity index is 2.04. The third-order valence-electron chi connectivity index (χ3n) is 4.05. The molecule has 0 fully saturated rings. The van der Waals surface area contributed by atoms with Gasteiger partial charge in [-0.05, 0) is 42.3 Å². The highest BCUT2D eigenvalue weighted by molar-refractivity contribution is 7.89. The summed E-state index contributed by atoms with van der Waals surface area (Å²) in [7, 11) is -3.61. The summed E-state index contributed by atoms with van der Waals surface area (Å²) in [5.74, 6) is -0.646. The molecule has 1 amide bonds. The van der Waals surface area contributed by atoms with Gasteiger partial charge in [0, 0.05) is 25.2 Å². The van der Waals surface area contributed by atoms with Crippen molar-refractivity contribution in [2.24, 2.45) is 0 Å². The van der Waals surface area contributed by atoms with E-state index in [2.05, 4.69) is 5.32 Å². The first kappa shape index (κ1) is 20.1. The first-order valence-corrected chi connectivity index (χ1v) is 9.95. The molecule has 26 heavy (non-hydrogen) atoms. The van der Waals surface area contributed by atoms with Crippen molar-refractivity contribution < 1.29 is 17.6 Å². The topological polar surface area (TPSA) is 66.5 Å². The van der Waals surface area contributed by atoms with Crippen molar-refractivity contribution in [3.63, 3.8) is 0 Å². The molecule has 0 aliphatic heterocycles. The second-order valence-electron chi connectivity index (χ2n) is 5.75. The van der Waals surface area contributed by atoms with Crippen LogP contribution in [0, 0.1) is 5.82 Å². The predicted molar refractivity (Wildman–Crippen MR) is 99.0 cm³/mol. The van der Waals surface area contributed by atoms with Gasteiger partial charge < -0.3 is 5.32 Å². The summed E-state index contributed by atoms with van der Waals surface area (Å²) in [4.78, 5) is 12.4. The van der Waals surface area contributed by atoms with Crippen molar-refractivity contribution in [3.05, 3.63) is 65.5 Å². The van der Waals surface area contributed by atoms with E-state index < -0.39 is 10.0 Å². The van der Waals surface area contributed by atoms with Gasteiger partial charge >= 0.3 is 0 Å². The fourth-order valence-electron chi connectivity index (χ4n) is 2.58.